The van der Waals surface area contributed by atoms with Crippen molar-refractivity contribution in [1.29, 1.82) is 0 Å². The monoisotopic (exact) mass is 216 g/mol. The minimum atomic E-state index is -1.03. The molecule has 0 aromatic carbocycles. The topological polar surface area (TPSA) is 78.9 Å². The summed E-state index contributed by atoms with van der Waals surface area (Å²) < 4.78 is 5.19. The summed E-state index contributed by atoms with van der Waals surface area (Å²) in [5, 5.41) is 11.0. The number of rotatable bonds is 2. The molecule has 0 bridgehead atoms. The number of hydrogen-bond acceptors (Lipinski definition) is 3. The second kappa shape index (κ2) is 5.55. The highest BCUT2D eigenvalue weighted by Crippen LogP contribution is 1.99. The van der Waals surface area contributed by atoms with Crippen molar-refractivity contribution in [1.82, 2.24) is 10.2 Å². The fraction of sp³-hybridized carbons (Fsp3) is 0.778. The van der Waals surface area contributed by atoms with Gasteiger partial charge in [-0.25, -0.2) is 4.79 Å². The van der Waals surface area contributed by atoms with Crippen molar-refractivity contribution in [3.63, 3.8) is 0 Å². The largest absolute Gasteiger partial charge is 0.480 e. The van der Waals surface area contributed by atoms with Crippen LogP contribution in [0.4, 0.5) is 4.79 Å². The Kier molecular flexibility index (Phi) is 4.36. The number of hydrogen-bond donors (Lipinski definition) is 2. The minimum Gasteiger partial charge on any atom is -0.480 e. The van der Waals surface area contributed by atoms with E-state index in [0.29, 0.717) is 26.3 Å². The molecule has 1 aliphatic heterocycles. The number of urea groups is 1. The predicted octanol–water partition coefficient (Wildman–Crippen LogP) is -0.109. The van der Waals surface area contributed by atoms with Gasteiger partial charge in [-0.1, -0.05) is 0 Å². The lowest BCUT2D eigenvalue weighted by molar-refractivity contribution is -0.138. The van der Waals surface area contributed by atoms with E-state index in [-0.39, 0.29) is 6.03 Å². The molecule has 1 atom stereocenters. The van der Waals surface area contributed by atoms with Gasteiger partial charge in [-0.05, 0) is 13.3 Å². The third-order valence-electron chi connectivity index (χ3n) is 2.22. The molecule has 0 spiro atoms. The lowest BCUT2D eigenvalue weighted by atomic mass is 10.3. The smallest absolute Gasteiger partial charge is 0.325 e. The quantitative estimate of drug-likeness (QED) is 0.675. The first-order valence-electron chi connectivity index (χ1n) is 4.97. The van der Waals surface area contributed by atoms with Crippen LogP contribution in [-0.2, 0) is 9.53 Å². The van der Waals surface area contributed by atoms with Gasteiger partial charge in [0.2, 0.25) is 0 Å². The standard InChI is InChI=1S/C9H16N2O4/c1-7(8(12)13)10-9(14)11-3-2-5-15-6-4-11/h7H,2-6H2,1H3,(H,10,14)(H,12,13)/t7-/m1/s1. The van der Waals surface area contributed by atoms with Crippen molar-refractivity contribution in [3.05, 3.63) is 0 Å². The molecule has 6 heteroatoms. The van der Waals surface area contributed by atoms with E-state index in [2.05, 4.69) is 5.32 Å². The highest BCUT2D eigenvalue weighted by molar-refractivity contribution is 5.82. The number of amides is 2. The van der Waals surface area contributed by atoms with Crippen LogP contribution in [0.5, 0.6) is 0 Å². The van der Waals surface area contributed by atoms with E-state index >= 15 is 0 Å². The van der Waals surface area contributed by atoms with E-state index in [0.717, 1.165) is 6.42 Å². The highest BCUT2D eigenvalue weighted by Gasteiger charge is 2.19. The highest BCUT2D eigenvalue weighted by atomic mass is 16.5. The second-order valence-electron chi connectivity index (χ2n) is 3.46. The van der Waals surface area contributed by atoms with Crippen LogP contribution >= 0.6 is 0 Å². The van der Waals surface area contributed by atoms with E-state index in [4.69, 9.17) is 9.84 Å². The summed E-state index contributed by atoms with van der Waals surface area (Å²) in [6.07, 6.45) is 0.787. The van der Waals surface area contributed by atoms with Crippen LogP contribution in [0.15, 0.2) is 0 Å². The van der Waals surface area contributed by atoms with Crippen LogP contribution in [0.3, 0.4) is 0 Å². The van der Waals surface area contributed by atoms with Gasteiger partial charge in [0.25, 0.3) is 0 Å². The Hall–Kier alpha value is -1.30. The third-order valence-corrected chi connectivity index (χ3v) is 2.22. The van der Waals surface area contributed by atoms with Crippen LogP contribution < -0.4 is 5.32 Å². The number of nitrogens with one attached hydrogen (secondary N) is 1. The Morgan fingerprint density at radius 3 is 2.80 bits per heavy atom. The zero-order valence-corrected chi connectivity index (χ0v) is 8.73. The predicted molar refractivity (Wildman–Crippen MR) is 52.6 cm³/mol. The molecule has 0 saturated carbocycles. The van der Waals surface area contributed by atoms with Crippen LogP contribution in [-0.4, -0.2) is 54.4 Å². The summed E-state index contributed by atoms with van der Waals surface area (Å²) in [7, 11) is 0. The summed E-state index contributed by atoms with van der Waals surface area (Å²) in [5.74, 6) is -1.03. The van der Waals surface area contributed by atoms with E-state index in [1.54, 1.807) is 4.90 Å². The van der Waals surface area contributed by atoms with E-state index in [1.807, 2.05) is 0 Å². The Bertz CT molecular complexity index is 236. The molecule has 6 nitrogen and oxygen atoms in total. The van der Waals surface area contributed by atoms with Gasteiger partial charge in [-0.15, -0.1) is 0 Å². The van der Waals surface area contributed by atoms with Gasteiger partial charge >= 0.3 is 12.0 Å². The molecule has 1 fully saturated rings. The first kappa shape index (κ1) is 11.8. The lowest BCUT2D eigenvalue weighted by Crippen LogP contribution is -2.47. The molecular formula is C9H16N2O4. The number of ether oxygens (including phenoxy) is 1. The fourth-order valence-corrected chi connectivity index (χ4v) is 1.29. The van der Waals surface area contributed by atoms with Crippen molar-refractivity contribution >= 4 is 12.0 Å². The van der Waals surface area contributed by atoms with Gasteiger partial charge in [-0.3, -0.25) is 4.79 Å². The average Bonchev–Trinajstić information content (AvgIpc) is 2.45. The first-order chi connectivity index (χ1) is 7.11. The van der Waals surface area contributed by atoms with Crippen molar-refractivity contribution in [3.8, 4) is 0 Å². The van der Waals surface area contributed by atoms with Crippen molar-refractivity contribution in [2.45, 2.75) is 19.4 Å². The zero-order valence-electron chi connectivity index (χ0n) is 8.73. The maximum atomic E-state index is 11.6. The molecular weight excluding hydrogens is 200 g/mol. The molecule has 0 unspecified atom stereocenters. The normalized spacial score (nSPS) is 19.1. The van der Waals surface area contributed by atoms with E-state index in [9.17, 15) is 9.59 Å². The van der Waals surface area contributed by atoms with Crippen LogP contribution in [0.1, 0.15) is 13.3 Å². The maximum absolute atomic E-state index is 11.6. The molecule has 0 aromatic rings. The summed E-state index contributed by atoms with van der Waals surface area (Å²) in [6.45, 7) is 3.72. The number of carbonyl (C=O) groups is 2. The maximum Gasteiger partial charge on any atom is 0.325 e. The molecule has 0 radical (unpaired) electrons. The van der Waals surface area contributed by atoms with Crippen LogP contribution in [0, 0.1) is 0 Å². The Balaban J connectivity index is 2.41. The molecule has 1 saturated heterocycles. The molecule has 15 heavy (non-hydrogen) atoms. The molecule has 2 amide bonds. The summed E-state index contributed by atoms with van der Waals surface area (Å²) in [6, 6.07) is -1.20. The molecule has 1 rings (SSSR count). The number of carboxylic acids is 1. The number of carboxylic acid groups (broad SMARTS) is 1. The lowest BCUT2D eigenvalue weighted by Gasteiger charge is -2.21. The van der Waals surface area contributed by atoms with Crippen molar-refractivity contribution in [2.24, 2.45) is 0 Å². The van der Waals surface area contributed by atoms with Gasteiger partial charge in [0.05, 0.1) is 6.61 Å². The number of carbonyl (C=O) groups excluding carboxylic acids is 1. The summed E-state index contributed by atoms with van der Waals surface area (Å²) in [5.41, 5.74) is 0. The summed E-state index contributed by atoms with van der Waals surface area (Å²) >= 11 is 0. The number of aliphatic carboxylic acids is 1. The Morgan fingerprint density at radius 2 is 2.13 bits per heavy atom. The average molecular weight is 216 g/mol. The van der Waals surface area contributed by atoms with Gasteiger partial charge in [0.1, 0.15) is 6.04 Å². The fourth-order valence-electron chi connectivity index (χ4n) is 1.29. The molecule has 0 aromatic heterocycles. The molecule has 0 aliphatic carbocycles. The molecule has 86 valence electrons. The molecule has 1 heterocycles. The molecule has 2 N–H and O–H groups in total. The third kappa shape index (κ3) is 3.75. The van der Waals surface area contributed by atoms with Crippen molar-refractivity contribution in [2.75, 3.05) is 26.3 Å². The SMILES string of the molecule is C[C@@H](NC(=O)N1CCCOCC1)C(=O)O. The van der Waals surface area contributed by atoms with Gasteiger partial charge in [0, 0.05) is 19.7 Å². The van der Waals surface area contributed by atoms with Gasteiger partial charge in [-0.2, -0.15) is 0 Å². The zero-order chi connectivity index (χ0) is 11.3. The van der Waals surface area contributed by atoms with Crippen molar-refractivity contribution < 1.29 is 19.4 Å². The van der Waals surface area contributed by atoms with Gasteiger partial charge < -0.3 is 20.1 Å². The Labute approximate surface area is 88.2 Å². The van der Waals surface area contributed by atoms with Crippen LogP contribution in [0.25, 0.3) is 0 Å². The second-order valence-corrected chi connectivity index (χ2v) is 3.46. The Morgan fingerprint density at radius 1 is 1.40 bits per heavy atom. The van der Waals surface area contributed by atoms with Crippen LogP contribution in [0.2, 0.25) is 0 Å². The summed E-state index contributed by atoms with van der Waals surface area (Å²) in [4.78, 5) is 23.7. The first-order valence-corrected chi connectivity index (χ1v) is 4.97. The van der Waals surface area contributed by atoms with E-state index in [1.165, 1.54) is 6.92 Å². The minimum absolute atomic E-state index is 0.338. The van der Waals surface area contributed by atoms with Gasteiger partial charge in [0.15, 0.2) is 0 Å². The van der Waals surface area contributed by atoms with E-state index < -0.39 is 12.0 Å². The molecule has 1 aliphatic rings. The number of nitrogens with zero attached hydrogens (tertiary/aromatic N) is 1.